The maximum Gasteiger partial charge on any atom is 0.158 e. The maximum absolute atomic E-state index is 9.14. The second-order valence-corrected chi connectivity index (χ2v) is 4.27. The van der Waals surface area contributed by atoms with Crippen LogP contribution >= 0.6 is 0 Å². The molecule has 0 saturated heterocycles. The minimum absolute atomic E-state index is 0.0710. The van der Waals surface area contributed by atoms with Crippen LogP contribution in [0.3, 0.4) is 0 Å². The molecule has 1 heterocycles. The van der Waals surface area contributed by atoms with Crippen molar-refractivity contribution in [1.82, 2.24) is 14.8 Å². The summed E-state index contributed by atoms with van der Waals surface area (Å²) in [6.07, 6.45) is 1.98. The van der Waals surface area contributed by atoms with Gasteiger partial charge >= 0.3 is 0 Å². The third-order valence-electron chi connectivity index (χ3n) is 2.51. The minimum Gasteiger partial charge on any atom is -0.388 e. The fraction of sp³-hybridized carbons (Fsp3) is 0.818. The van der Waals surface area contributed by atoms with Crippen molar-refractivity contribution in [3.63, 3.8) is 0 Å². The van der Waals surface area contributed by atoms with Gasteiger partial charge in [-0.25, -0.2) is 0 Å². The van der Waals surface area contributed by atoms with Crippen LogP contribution in [0.2, 0.25) is 0 Å². The molecule has 0 bridgehead atoms. The molecule has 0 fully saturated rings. The lowest BCUT2D eigenvalue weighted by molar-refractivity contribution is 0.181. The van der Waals surface area contributed by atoms with Gasteiger partial charge in [0.2, 0.25) is 0 Å². The lowest BCUT2D eigenvalue weighted by atomic mass is 10.1. The van der Waals surface area contributed by atoms with E-state index in [1.807, 2.05) is 4.57 Å². The number of hydrogen-bond acceptors (Lipinski definition) is 4. The first-order chi connectivity index (χ1) is 7.69. The normalized spacial score (nSPS) is 11.3. The van der Waals surface area contributed by atoms with Crippen molar-refractivity contribution in [2.75, 3.05) is 13.7 Å². The van der Waals surface area contributed by atoms with E-state index >= 15 is 0 Å². The van der Waals surface area contributed by atoms with Crippen LogP contribution in [0, 0.1) is 5.92 Å². The van der Waals surface area contributed by atoms with Gasteiger partial charge in [0, 0.05) is 20.1 Å². The summed E-state index contributed by atoms with van der Waals surface area (Å²) in [5.74, 6) is 2.20. The second kappa shape index (κ2) is 6.60. The smallest absolute Gasteiger partial charge is 0.158 e. The van der Waals surface area contributed by atoms with Crippen molar-refractivity contribution in [3.8, 4) is 0 Å². The van der Waals surface area contributed by atoms with Crippen molar-refractivity contribution in [2.24, 2.45) is 5.92 Å². The van der Waals surface area contributed by atoms with E-state index in [0.717, 1.165) is 18.7 Å². The molecular weight excluding hydrogens is 206 g/mol. The highest BCUT2D eigenvalue weighted by molar-refractivity contribution is 4.95. The Balaban J connectivity index is 2.70. The molecule has 0 aromatic carbocycles. The third kappa shape index (κ3) is 3.57. The summed E-state index contributed by atoms with van der Waals surface area (Å²) in [5.41, 5.74) is 0. The Hall–Kier alpha value is -0.940. The number of ether oxygens (including phenoxy) is 1. The van der Waals surface area contributed by atoms with Gasteiger partial charge in [-0.1, -0.05) is 13.8 Å². The summed E-state index contributed by atoms with van der Waals surface area (Å²) in [4.78, 5) is 0. The molecule has 0 amide bonds. The number of aliphatic hydroxyl groups excluding tert-OH is 1. The molecule has 0 saturated carbocycles. The van der Waals surface area contributed by atoms with Gasteiger partial charge in [-0.2, -0.15) is 0 Å². The molecule has 0 radical (unpaired) electrons. The molecular formula is C11H21N3O2. The van der Waals surface area contributed by atoms with Crippen LogP contribution in [0.1, 0.15) is 31.9 Å². The van der Waals surface area contributed by atoms with Crippen LogP contribution in [0.25, 0.3) is 0 Å². The van der Waals surface area contributed by atoms with Gasteiger partial charge in [-0.3, -0.25) is 0 Å². The lowest BCUT2D eigenvalue weighted by Gasteiger charge is -2.09. The van der Waals surface area contributed by atoms with Crippen LogP contribution in [0.4, 0.5) is 0 Å². The molecule has 0 aliphatic carbocycles. The van der Waals surface area contributed by atoms with Crippen LogP contribution in [0.15, 0.2) is 0 Å². The first kappa shape index (κ1) is 13.1. The van der Waals surface area contributed by atoms with Gasteiger partial charge in [-0.05, 0) is 12.3 Å². The maximum atomic E-state index is 9.14. The highest BCUT2D eigenvalue weighted by Gasteiger charge is 2.11. The highest BCUT2D eigenvalue weighted by atomic mass is 16.5. The predicted molar refractivity (Wildman–Crippen MR) is 61.0 cm³/mol. The van der Waals surface area contributed by atoms with Gasteiger partial charge in [0.25, 0.3) is 0 Å². The van der Waals surface area contributed by atoms with Crippen LogP contribution in [0.5, 0.6) is 0 Å². The van der Waals surface area contributed by atoms with Crippen LogP contribution < -0.4 is 0 Å². The Bertz CT molecular complexity index is 310. The van der Waals surface area contributed by atoms with Crippen LogP contribution in [-0.2, 0) is 24.3 Å². The fourth-order valence-electron chi connectivity index (χ4n) is 1.53. The van der Waals surface area contributed by atoms with Crippen molar-refractivity contribution >= 4 is 0 Å². The summed E-state index contributed by atoms with van der Waals surface area (Å²) in [7, 11) is 1.66. The lowest BCUT2D eigenvalue weighted by Crippen LogP contribution is -2.12. The average Bonchev–Trinajstić information content (AvgIpc) is 2.65. The van der Waals surface area contributed by atoms with Crippen LogP contribution in [-0.4, -0.2) is 33.6 Å². The van der Waals surface area contributed by atoms with Gasteiger partial charge in [0.15, 0.2) is 5.82 Å². The SMILES string of the molecule is COCCn1c(CO)nnc1CCC(C)C. The van der Waals surface area contributed by atoms with Crippen molar-refractivity contribution in [2.45, 2.75) is 39.8 Å². The van der Waals surface area contributed by atoms with Crippen molar-refractivity contribution in [1.29, 1.82) is 0 Å². The third-order valence-corrected chi connectivity index (χ3v) is 2.51. The molecule has 16 heavy (non-hydrogen) atoms. The zero-order valence-corrected chi connectivity index (χ0v) is 10.3. The molecule has 1 rings (SSSR count). The second-order valence-electron chi connectivity index (χ2n) is 4.27. The summed E-state index contributed by atoms with van der Waals surface area (Å²) in [6.45, 7) is 5.61. The number of rotatable bonds is 7. The van der Waals surface area contributed by atoms with E-state index in [1.165, 1.54) is 0 Å². The van der Waals surface area contributed by atoms with Gasteiger partial charge in [0.1, 0.15) is 12.4 Å². The number of hydrogen-bond donors (Lipinski definition) is 1. The van der Waals surface area contributed by atoms with E-state index in [9.17, 15) is 0 Å². The Labute approximate surface area is 96.5 Å². The van der Waals surface area contributed by atoms with E-state index in [1.54, 1.807) is 7.11 Å². The molecule has 1 aromatic rings. The zero-order chi connectivity index (χ0) is 12.0. The number of aryl methyl sites for hydroxylation is 1. The first-order valence-corrected chi connectivity index (χ1v) is 5.69. The van der Waals surface area contributed by atoms with Gasteiger partial charge < -0.3 is 14.4 Å². The fourth-order valence-corrected chi connectivity index (χ4v) is 1.53. The standard InChI is InChI=1S/C11H21N3O2/c1-9(2)4-5-10-12-13-11(8-15)14(10)6-7-16-3/h9,15H,4-8H2,1-3H3. The van der Waals surface area contributed by atoms with Crippen molar-refractivity contribution < 1.29 is 9.84 Å². The van der Waals surface area contributed by atoms with E-state index in [2.05, 4.69) is 24.0 Å². The van der Waals surface area contributed by atoms with Crippen molar-refractivity contribution in [3.05, 3.63) is 11.6 Å². The molecule has 0 spiro atoms. The van der Waals surface area contributed by atoms with E-state index < -0.39 is 0 Å². The quantitative estimate of drug-likeness (QED) is 0.755. The average molecular weight is 227 g/mol. The Morgan fingerprint density at radius 1 is 1.31 bits per heavy atom. The topological polar surface area (TPSA) is 60.2 Å². The van der Waals surface area contributed by atoms with Gasteiger partial charge in [-0.15, -0.1) is 10.2 Å². The number of methoxy groups -OCH3 is 1. The van der Waals surface area contributed by atoms with E-state index in [4.69, 9.17) is 9.84 Å². The summed E-state index contributed by atoms with van der Waals surface area (Å²) in [6, 6.07) is 0. The Morgan fingerprint density at radius 3 is 2.56 bits per heavy atom. The van der Waals surface area contributed by atoms with E-state index in [0.29, 0.717) is 24.9 Å². The number of aliphatic hydroxyl groups is 1. The summed E-state index contributed by atoms with van der Waals surface area (Å²) >= 11 is 0. The molecule has 5 heteroatoms. The molecule has 92 valence electrons. The monoisotopic (exact) mass is 227 g/mol. The zero-order valence-electron chi connectivity index (χ0n) is 10.3. The molecule has 1 N–H and O–H groups in total. The Morgan fingerprint density at radius 2 is 2.00 bits per heavy atom. The highest BCUT2D eigenvalue weighted by Crippen LogP contribution is 2.09. The number of aromatic nitrogens is 3. The minimum atomic E-state index is -0.0710. The molecule has 1 aromatic heterocycles. The molecule has 5 nitrogen and oxygen atoms in total. The Kier molecular flexibility index (Phi) is 5.42. The van der Waals surface area contributed by atoms with E-state index in [-0.39, 0.29) is 6.61 Å². The van der Waals surface area contributed by atoms with Gasteiger partial charge in [0.05, 0.1) is 6.61 Å². The molecule has 0 aliphatic rings. The predicted octanol–water partition coefficient (Wildman–Crippen LogP) is 1.01. The molecule has 0 atom stereocenters. The molecule has 0 unspecified atom stereocenters. The molecule has 0 aliphatic heterocycles. The number of nitrogens with zero attached hydrogens (tertiary/aromatic N) is 3. The summed E-state index contributed by atoms with van der Waals surface area (Å²) < 4.78 is 6.99. The largest absolute Gasteiger partial charge is 0.388 e. The first-order valence-electron chi connectivity index (χ1n) is 5.69. The summed E-state index contributed by atoms with van der Waals surface area (Å²) in [5, 5.41) is 17.2.